The van der Waals surface area contributed by atoms with Crippen LogP contribution in [0.15, 0.2) is 29.2 Å². The first-order valence-corrected chi connectivity index (χ1v) is 9.84. The molecule has 2 bridgehead atoms. The SMILES string of the molecule is Cl.O=C(NCC(F)(F)F)c1ccc(S(=O)(=O)NC2CC3CCC(C2)N3)cc1. The summed E-state index contributed by atoms with van der Waals surface area (Å²) in [4.78, 5) is 11.6. The molecule has 6 nitrogen and oxygen atoms in total. The molecule has 2 atom stereocenters. The molecule has 2 unspecified atom stereocenters. The lowest BCUT2D eigenvalue weighted by Crippen LogP contribution is -2.47. The van der Waals surface area contributed by atoms with Gasteiger partial charge in [0.25, 0.3) is 5.91 Å². The van der Waals surface area contributed by atoms with Crippen LogP contribution in [0, 0.1) is 0 Å². The van der Waals surface area contributed by atoms with Gasteiger partial charge in [-0.25, -0.2) is 13.1 Å². The smallest absolute Gasteiger partial charge is 0.343 e. The van der Waals surface area contributed by atoms with Crippen LogP contribution in [0.25, 0.3) is 0 Å². The minimum Gasteiger partial charge on any atom is -0.343 e. The molecule has 2 fully saturated rings. The van der Waals surface area contributed by atoms with E-state index in [1.54, 1.807) is 5.32 Å². The van der Waals surface area contributed by atoms with Gasteiger partial charge < -0.3 is 10.6 Å². The number of carbonyl (C=O) groups is 1. The Hall–Kier alpha value is -1.36. The second-order valence-corrected chi connectivity index (χ2v) is 8.46. The summed E-state index contributed by atoms with van der Waals surface area (Å²) in [5.41, 5.74) is -0.0342. The van der Waals surface area contributed by atoms with Crippen molar-refractivity contribution in [3.8, 4) is 0 Å². The summed E-state index contributed by atoms with van der Waals surface area (Å²) in [6, 6.07) is 5.37. The molecule has 1 amide bonds. The fraction of sp³-hybridized carbons (Fsp3) is 0.562. The quantitative estimate of drug-likeness (QED) is 0.670. The number of hydrogen-bond donors (Lipinski definition) is 3. The van der Waals surface area contributed by atoms with E-state index in [2.05, 4.69) is 10.0 Å². The lowest BCUT2D eigenvalue weighted by atomic mass is 10.0. The fourth-order valence-electron chi connectivity index (χ4n) is 3.51. The van der Waals surface area contributed by atoms with Crippen molar-refractivity contribution in [2.75, 3.05) is 6.54 Å². The summed E-state index contributed by atoms with van der Waals surface area (Å²) >= 11 is 0. The van der Waals surface area contributed by atoms with Crippen LogP contribution < -0.4 is 15.4 Å². The Bertz CT molecular complexity index is 759. The van der Waals surface area contributed by atoms with Gasteiger partial charge in [-0.3, -0.25) is 4.79 Å². The first kappa shape index (κ1) is 21.9. The van der Waals surface area contributed by atoms with E-state index in [1.165, 1.54) is 24.3 Å². The standard InChI is InChI=1S/C16H20F3N3O3S.ClH/c17-16(18,19)9-20-15(23)10-1-5-14(6-2-10)26(24,25)22-13-7-11-3-4-12(8-13)21-11;/h1-2,5-6,11-13,21-22H,3-4,7-9H2,(H,20,23);1H. The molecule has 3 N–H and O–H groups in total. The number of nitrogens with one attached hydrogen (secondary N) is 3. The van der Waals surface area contributed by atoms with Crippen LogP contribution in [0.5, 0.6) is 0 Å². The van der Waals surface area contributed by atoms with Crippen molar-refractivity contribution in [1.29, 1.82) is 0 Å². The van der Waals surface area contributed by atoms with E-state index in [4.69, 9.17) is 0 Å². The van der Waals surface area contributed by atoms with Gasteiger partial charge in [-0.1, -0.05) is 0 Å². The molecule has 0 radical (unpaired) electrons. The molecular weight excluding hydrogens is 407 g/mol. The number of carbonyl (C=O) groups excluding carboxylic acids is 1. The zero-order valence-electron chi connectivity index (χ0n) is 14.3. The Labute approximate surface area is 161 Å². The van der Waals surface area contributed by atoms with Crippen LogP contribution in [0.4, 0.5) is 13.2 Å². The van der Waals surface area contributed by atoms with Crippen LogP contribution in [0.2, 0.25) is 0 Å². The Morgan fingerprint density at radius 1 is 1.11 bits per heavy atom. The molecule has 1 aromatic carbocycles. The minimum absolute atomic E-state index is 0. The number of alkyl halides is 3. The Morgan fingerprint density at radius 2 is 1.67 bits per heavy atom. The van der Waals surface area contributed by atoms with Gasteiger partial charge in [-0.05, 0) is 49.9 Å². The summed E-state index contributed by atoms with van der Waals surface area (Å²) in [6.45, 7) is -1.44. The van der Waals surface area contributed by atoms with Crippen LogP contribution in [0.3, 0.4) is 0 Å². The summed E-state index contributed by atoms with van der Waals surface area (Å²) < 4.78 is 64.1. The Balaban J connectivity index is 0.00000261. The zero-order chi connectivity index (χ0) is 18.9. The summed E-state index contributed by atoms with van der Waals surface area (Å²) in [5, 5.41) is 5.17. The zero-order valence-corrected chi connectivity index (χ0v) is 15.9. The van der Waals surface area contributed by atoms with Crippen molar-refractivity contribution < 1.29 is 26.4 Å². The van der Waals surface area contributed by atoms with Gasteiger partial charge in [0.15, 0.2) is 0 Å². The molecule has 0 aromatic heterocycles. The third-order valence-corrected chi connectivity index (χ3v) is 6.21. The van der Waals surface area contributed by atoms with Gasteiger partial charge in [-0.2, -0.15) is 13.2 Å². The van der Waals surface area contributed by atoms with E-state index >= 15 is 0 Å². The predicted molar refractivity (Wildman–Crippen MR) is 95.4 cm³/mol. The van der Waals surface area contributed by atoms with E-state index < -0.39 is 28.7 Å². The van der Waals surface area contributed by atoms with Gasteiger partial charge >= 0.3 is 6.18 Å². The molecule has 27 heavy (non-hydrogen) atoms. The highest BCUT2D eigenvalue weighted by Crippen LogP contribution is 2.27. The van der Waals surface area contributed by atoms with Gasteiger partial charge in [0.2, 0.25) is 10.0 Å². The van der Waals surface area contributed by atoms with Crippen LogP contribution in [0.1, 0.15) is 36.0 Å². The van der Waals surface area contributed by atoms with E-state index in [-0.39, 0.29) is 28.9 Å². The molecule has 11 heteroatoms. The van der Waals surface area contributed by atoms with E-state index in [0.29, 0.717) is 12.1 Å². The lowest BCUT2D eigenvalue weighted by molar-refractivity contribution is -0.123. The lowest BCUT2D eigenvalue weighted by Gasteiger charge is -2.29. The van der Waals surface area contributed by atoms with Crippen LogP contribution in [-0.2, 0) is 10.0 Å². The van der Waals surface area contributed by atoms with Gasteiger partial charge in [0.1, 0.15) is 6.54 Å². The molecule has 2 aliphatic heterocycles. The molecule has 0 saturated carbocycles. The number of fused-ring (bicyclic) bond motifs is 2. The largest absolute Gasteiger partial charge is 0.405 e. The predicted octanol–water partition coefficient (Wildman–Crippen LogP) is 1.96. The average Bonchev–Trinajstić information content (AvgIpc) is 2.90. The summed E-state index contributed by atoms with van der Waals surface area (Å²) in [6.07, 6.45) is -0.951. The third kappa shape index (κ3) is 5.81. The molecule has 1 aromatic rings. The van der Waals surface area contributed by atoms with Crippen molar-refractivity contribution in [3.05, 3.63) is 29.8 Å². The average molecular weight is 428 g/mol. The maximum atomic E-state index is 12.5. The Morgan fingerprint density at radius 3 is 2.19 bits per heavy atom. The normalized spacial score (nSPS) is 24.9. The van der Waals surface area contributed by atoms with Crippen molar-refractivity contribution in [2.45, 2.75) is 54.9 Å². The van der Waals surface area contributed by atoms with Crippen LogP contribution >= 0.6 is 12.4 Å². The number of sulfonamides is 1. The number of piperidine rings is 1. The fourth-order valence-corrected chi connectivity index (χ4v) is 4.77. The van der Waals surface area contributed by atoms with Crippen molar-refractivity contribution in [3.63, 3.8) is 0 Å². The maximum Gasteiger partial charge on any atom is 0.405 e. The highest BCUT2D eigenvalue weighted by molar-refractivity contribution is 7.89. The molecule has 0 spiro atoms. The van der Waals surface area contributed by atoms with Gasteiger partial charge in [0, 0.05) is 23.7 Å². The van der Waals surface area contributed by atoms with Crippen molar-refractivity contribution in [2.24, 2.45) is 0 Å². The van der Waals surface area contributed by atoms with Gasteiger partial charge in [0.05, 0.1) is 4.90 Å². The highest BCUT2D eigenvalue weighted by atomic mass is 35.5. The molecule has 2 saturated heterocycles. The monoisotopic (exact) mass is 427 g/mol. The second-order valence-electron chi connectivity index (χ2n) is 6.75. The molecular formula is C16H21ClF3N3O3S. The van der Waals surface area contributed by atoms with E-state index in [0.717, 1.165) is 25.7 Å². The second kappa shape index (κ2) is 8.34. The van der Waals surface area contributed by atoms with E-state index in [1.807, 2.05) is 0 Å². The minimum atomic E-state index is -4.50. The number of hydrogen-bond acceptors (Lipinski definition) is 4. The maximum absolute atomic E-state index is 12.5. The molecule has 0 aliphatic carbocycles. The molecule has 152 valence electrons. The number of benzene rings is 1. The first-order chi connectivity index (χ1) is 12.1. The highest BCUT2D eigenvalue weighted by Gasteiger charge is 2.35. The number of amides is 1. The molecule has 2 heterocycles. The topological polar surface area (TPSA) is 87.3 Å². The molecule has 2 aliphatic rings. The van der Waals surface area contributed by atoms with Crippen LogP contribution in [-0.4, -0.2) is 45.2 Å². The van der Waals surface area contributed by atoms with Crippen molar-refractivity contribution in [1.82, 2.24) is 15.4 Å². The number of rotatable bonds is 5. The summed E-state index contributed by atoms with van der Waals surface area (Å²) in [7, 11) is -3.75. The van der Waals surface area contributed by atoms with Crippen molar-refractivity contribution >= 4 is 28.3 Å². The summed E-state index contributed by atoms with van der Waals surface area (Å²) in [5.74, 6) is -0.908. The molecule has 3 rings (SSSR count). The third-order valence-electron chi connectivity index (χ3n) is 4.67. The number of halogens is 4. The Kier molecular flexibility index (Phi) is 6.77. The van der Waals surface area contributed by atoms with Gasteiger partial charge in [-0.15, -0.1) is 12.4 Å². The first-order valence-electron chi connectivity index (χ1n) is 8.36. The van der Waals surface area contributed by atoms with E-state index in [9.17, 15) is 26.4 Å².